The Morgan fingerprint density at radius 3 is 1.67 bits per heavy atom. The van der Waals surface area contributed by atoms with Gasteiger partial charge in [0.1, 0.15) is 11.6 Å². The van der Waals surface area contributed by atoms with Gasteiger partial charge in [-0.05, 0) is 63.1 Å². The third-order valence-electron chi connectivity index (χ3n) is 5.77. The summed E-state index contributed by atoms with van der Waals surface area (Å²) >= 11 is 0. The Morgan fingerprint density at radius 2 is 1.27 bits per heavy atom. The monoisotopic (exact) mass is 404 g/mol. The third kappa shape index (κ3) is 3.85. The van der Waals surface area contributed by atoms with E-state index >= 15 is 0 Å². The minimum absolute atomic E-state index is 0.608. The molecule has 2 heterocycles. The molecule has 0 aliphatic carbocycles. The fourth-order valence-electron chi connectivity index (χ4n) is 4.31. The van der Waals surface area contributed by atoms with Crippen LogP contribution in [0, 0.1) is 13.8 Å². The lowest BCUT2D eigenvalue weighted by Gasteiger charge is -2.22. The molecule has 4 rings (SSSR count). The quantitative estimate of drug-likeness (QED) is 0.482. The van der Waals surface area contributed by atoms with Gasteiger partial charge in [-0.2, -0.15) is 0 Å². The van der Waals surface area contributed by atoms with Gasteiger partial charge in [-0.25, -0.2) is 9.97 Å². The fourth-order valence-corrected chi connectivity index (χ4v) is 4.31. The Balaban J connectivity index is 1.67. The molecule has 0 unspecified atom stereocenters. The summed E-state index contributed by atoms with van der Waals surface area (Å²) in [6.07, 6.45) is 0. The average molecular weight is 405 g/mol. The van der Waals surface area contributed by atoms with Crippen molar-refractivity contribution in [3.8, 4) is 0 Å². The van der Waals surface area contributed by atoms with Gasteiger partial charge in [0.15, 0.2) is 0 Å². The minimum Gasteiger partial charge on any atom is -0.329 e. The molecule has 0 radical (unpaired) electrons. The first-order valence-corrected chi connectivity index (χ1v) is 10.9. The SMILES string of the molecule is CCn1c(CN(CCN)Cc2nc3ccc(C)cc3n2CC)nc2ccc(C)cc21. The maximum Gasteiger partial charge on any atom is 0.124 e. The van der Waals surface area contributed by atoms with Crippen molar-refractivity contribution in [2.75, 3.05) is 13.1 Å². The summed E-state index contributed by atoms with van der Waals surface area (Å²) in [6, 6.07) is 12.9. The van der Waals surface area contributed by atoms with Crippen molar-refractivity contribution >= 4 is 22.1 Å². The number of aromatic nitrogens is 4. The number of nitrogens with two attached hydrogens (primary N) is 1. The van der Waals surface area contributed by atoms with E-state index in [0.29, 0.717) is 6.54 Å². The van der Waals surface area contributed by atoms with Gasteiger partial charge in [0.25, 0.3) is 0 Å². The van der Waals surface area contributed by atoms with Crippen LogP contribution in [0.25, 0.3) is 22.1 Å². The molecule has 0 spiro atoms. The minimum atomic E-state index is 0.608. The van der Waals surface area contributed by atoms with E-state index in [2.05, 4.69) is 78.1 Å². The van der Waals surface area contributed by atoms with Crippen molar-refractivity contribution < 1.29 is 0 Å². The molecule has 2 N–H and O–H groups in total. The molecule has 30 heavy (non-hydrogen) atoms. The standard InChI is InChI=1S/C24H32N6/c1-5-29-21-13-17(3)7-9-19(21)26-23(29)15-28(12-11-25)16-24-27-20-10-8-18(4)14-22(20)30(24)6-2/h7-10,13-14H,5-6,11-12,15-16,25H2,1-4H3. The molecule has 0 bridgehead atoms. The summed E-state index contributed by atoms with van der Waals surface area (Å²) in [5.74, 6) is 2.17. The number of aryl methyl sites for hydroxylation is 4. The molecule has 0 aliphatic heterocycles. The lowest BCUT2D eigenvalue weighted by atomic mass is 10.2. The first kappa shape index (κ1) is 20.6. The second-order valence-electron chi connectivity index (χ2n) is 8.03. The Hall–Kier alpha value is -2.70. The van der Waals surface area contributed by atoms with Crippen molar-refractivity contribution in [3.05, 3.63) is 59.2 Å². The molecule has 4 aromatic rings. The molecule has 2 aromatic heterocycles. The maximum atomic E-state index is 5.97. The van der Waals surface area contributed by atoms with Crippen LogP contribution in [0.2, 0.25) is 0 Å². The Bertz CT molecular complexity index is 1080. The van der Waals surface area contributed by atoms with E-state index in [1.807, 2.05) is 0 Å². The van der Waals surface area contributed by atoms with E-state index in [9.17, 15) is 0 Å². The average Bonchev–Trinajstić information content (AvgIpc) is 3.24. The van der Waals surface area contributed by atoms with Crippen LogP contribution < -0.4 is 5.73 Å². The van der Waals surface area contributed by atoms with E-state index in [1.165, 1.54) is 22.2 Å². The Kier molecular flexibility index (Phi) is 5.88. The number of benzene rings is 2. The molecule has 158 valence electrons. The van der Waals surface area contributed by atoms with Crippen LogP contribution in [0.1, 0.15) is 36.6 Å². The van der Waals surface area contributed by atoms with E-state index in [4.69, 9.17) is 15.7 Å². The van der Waals surface area contributed by atoms with Crippen molar-refractivity contribution in [3.63, 3.8) is 0 Å². The van der Waals surface area contributed by atoms with Gasteiger partial charge in [-0.15, -0.1) is 0 Å². The molecular weight excluding hydrogens is 372 g/mol. The predicted molar refractivity (Wildman–Crippen MR) is 123 cm³/mol. The fraction of sp³-hybridized carbons (Fsp3) is 0.417. The van der Waals surface area contributed by atoms with Gasteiger partial charge in [0, 0.05) is 26.2 Å². The lowest BCUT2D eigenvalue weighted by Crippen LogP contribution is -2.31. The Morgan fingerprint density at radius 1 is 0.800 bits per heavy atom. The number of hydrogen-bond donors (Lipinski definition) is 1. The second kappa shape index (κ2) is 8.58. The largest absolute Gasteiger partial charge is 0.329 e. The zero-order valence-corrected chi connectivity index (χ0v) is 18.5. The van der Waals surface area contributed by atoms with Gasteiger partial charge in [-0.3, -0.25) is 4.90 Å². The summed E-state index contributed by atoms with van der Waals surface area (Å²) in [4.78, 5) is 12.2. The summed E-state index contributed by atoms with van der Waals surface area (Å²) in [5.41, 5.74) is 13.0. The molecule has 0 fully saturated rings. The van der Waals surface area contributed by atoms with Crippen LogP contribution >= 0.6 is 0 Å². The van der Waals surface area contributed by atoms with Gasteiger partial charge < -0.3 is 14.9 Å². The highest BCUT2D eigenvalue weighted by Gasteiger charge is 2.17. The highest BCUT2D eigenvalue weighted by molar-refractivity contribution is 5.77. The molecule has 0 saturated carbocycles. The van der Waals surface area contributed by atoms with Gasteiger partial charge in [-0.1, -0.05) is 12.1 Å². The molecule has 0 saturated heterocycles. The summed E-state index contributed by atoms with van der Waals surface area (Å²) in [7, 11) is 0. The van der Waals surface area contributed by atoms with Gasteiger partial charge >= 0.3 is 0 Å². The number of nitrogens with zero attached hydrogens (tertiary/aromatic N) is 5. The normalized spacial score (nSPS) is 11.9. The number of rotatable bonds is 8. The van der Waals surface area contributed by atoms with E-state index in [0.717, 1.165) is 55.4 Å². The zero-order valence-electron chi connectivity index (χ0n) is 18.5. The van der Waals surface area contributed by atoms with Crippen LogP contribution in [-0.4, -0.2) is 37.1 Å². The van der Waals surface area contributed by atoms with Crippen molar-refractivity contribution in [1.29, 1.82) is 0 Å². The molecule has 0 atom stereocenters. The Labute approximate surface area is 178 Å². The van der Waals surface area contributed by atoms with Gasteiger partial charge in [0.2, 0.25) is 0 Å². The van der Waals surface area contributed by atoms with Crippen molar-refractivity contribution in [2.24, 2.45) is 5.73 Å². The lowest BCUT2D eigenvalue weighted by molar-refractivity contribution is 0.245. The highest BCUT2D eigenvalue weighted by Crippen LogP contribution is 2.22. The molecule has 0 amide bonds. The second-order valence-corrected chi connectivity index (χ2v) is 8.03. The van der Waals surface area contributed by atoms with Crippen LogP contribution in [-0.2, 0) is 26.2 Å². The number of imidazole rings is 2. The van der Waals surface area contributed by atoms with Crippen LogP contribution in [0.3, 0.4) is 0 Å². The molecule has 2 aromatic carbocycles. The first-order valence-electron chi connectivity index (χ1n) is 10.9. The van der Waals surface area contributed by atoms with Crippen molar-refractivity contribution in [1.82, 2.24) is 24.0 Å². The van der Waals surface area contributed by atoms with Crippen molar-refractivity contribution in [2.45, 2.75) is 53.9 Å². The number of hydrogen-bond acceptors (Lipinski definition) is 4. The summed E-state index contributed by atoms with van der Waals surface area (Å²) < 4.78 is 4.63. The topological polar surface area (TPSA) is 64.9 Å². The van der Waals surface area contributed by atoms with E-state index in [1.54, 1.807) is 0 Å². The van der Waals surface area contributed by atoms with Crippen LogP contribution in [0.5, 0.6) is 0 Å². The van der Waals surface area contributed by atoms with E-state index in [-0.39, 0.29) is 0 Å². The first-order chi connectivity index (χ1) is 14.5. The van der Waals surface area contributed by atoms with Crippen LogP contribution in [0.4, 0.5) is 0 Å². The molecule has 6 nitrogen and oxygen atoms in total. The summed E-state index contributed by atoms with van der Waals surface area (Å²) in [6.45, 7) is 13.3. The molecule has 0 aliphatic rings. The van der Waals surface area contributed by atoms with E-state index < -0.39 is 0 Å². The van der Waals surface area contributed by atoms with Gasteiger partial charge in [0.05, 0.1) is 35.2 Å². The third-order valence-corrected chi connectivity index (χ3v) is 5.77. The smallest absolute Gasteiger partial charge is 0.124 e. The molecular formula is C24H32N6. The van der Waals surface area contributed by atoms with Crippen LogP contribution in [0.15, 0.2) is 36.4 Å². The number of fused-ring (bicyclic) bond motifs is 2. The molecule has 6 heteroatoms. The maximum absolute atomic E-state index is 5.97. The highest BCUT2D eigenvalue weighted by atomic mass is 15.2. The predicted octanol–water partition coefficient (Wildman–Crippen LogP) is 4.00. The summed E-state index contributed by atoms with van der Waals surface area (Å²) in [5, 5.41) is 0. The zero-order chi connectivity index (χ0) is 21.3.